The molecule has 7 heteroatoms. The van der Waals surface area contributed by atoms with Crippen LogP contribution in [0.2, 0.25) is 0 Å². The maximum atomic E-state index is 12.3. The smallest absolute Gasteiger partial charge is 0.336 e. The highest BCUT2D eigenvalue weighted by atomic mass is 16.7. The third kappa shape index (κ3) is 3.02. The van der Waals surface area contributed by atoms with Gasteiger partial charge in [-0.1, -0.05) is 17.2 Å². The van der Waals surface area contributed by atoms with Crippen molar-refractivity contribution in [3.05, 3.63) is 35.4 Å². The first kappa shape index (κ1) is 16.2. The first-order valence-corrected chi connectivity index (χ1v) is 7.94. The number of hydroxylamine groups is 2. The zero-order chi connectivity index (χ0) is 17.3. The van der Waals surface area contributed by atoms with E-state index in [9.17, 15) is 19.2 Å². The van der Waals surface area contributed by atoms with Gasteiger partial charge in [0.25, 0.3) is 11.8 Å². The lowest BCUT2D eigenvalue weighted by Crippen LogP contribution is -2.40. The topological polar surface area (TPSA) is 92.8 Å². The van der Waals surface area contributed by atoms with E-state index in [2.05, 4.69) is 5.32 Å². The highest BCUT2D eigenvalue weighted by Crippen LogP contribution is 2.28. The Labute approximate surface area is 138 Å². The van der Waals surface area contributed by atoms with Crippen LogP contribution in [0.3, 0.4) is 0 Å². The number of nitrogens with zero attached hydrogens (tertiary/aromatic N) is 1. The number of rotatable bonds is 3. The molecular formula is C17H18N2O5. The van der Waals surface area contributed by atoms with Gasteiger partial charge in [-0.15, -0.1) is 0 Å². The summed E-state index contributed by atoms with van der Waals surface area (Å²) in [6.45, 7) is 1.46. The Morgan fingerprint density at radius 3 is 2.08 bits per heavy atom. The zero-order valence-corrected chi connectivity index (χ0v) is 13.3. The van der Waals surface area contributed by atoms with Gasteiger partial charge in [-0.25, -0.2) is 4.79 Å². The van der Waals surface area contributed by atoms with Gasteiger partial charge in [0, 0.05) is 13.0 Å². The molecule has 7 nitrogen and oxygen atoms in total. The Kier molecular flexibility index (Phi) is 4.33. The van der Waals surface area contributed by atoms with Crippen LogP contribution in [0.1, 0.15) is 53.3 Å². The lowest BCUT2D eigenvalue weighted by atomic mass is 9.86. The summed E-state index contributed by atoms with van der Waals surface area (Å²) in [5, 5.41) is 3.38. The normalized spacial score (nSPS) is 23.0. The molecule has 1 heterocycles. The van der Waals surface area contributed by atoms with Gasteiger partial charge in [-0.3, -0.25) is 14.4 Å². The summed E-state index contributed by atoms with van der Waals surface area (Å²) in [6, 6.07) is 6.42. The quantitative estimate of drug-likeness (QED) is 0.847. The number of hydrogen-bond donors (Lipinski definition) is 1. The van der Waals surface area contributed by atoms with E-state index in [1.165, 1.54) is 19.1 Å². The first-order chi connectivity index (χ1) is 11.5. The molecule has 3 amide bonds. The minimum absolute atomic E-state index is 0.0610. The molecule has 1 aromatic carbocycles. The molecule has 0 atom stereocenters. The number of nitrogens with one attached hydrogen (secondary N) is 1. The lowest BCUT2D eigenvalue weighted by Gasteiger charge is -2.28. The molecule has 0 saturated heterocycles. The predicted octanol–water partition coefficient (Wildman–Crippen LogP) is 1.44. The van der Waals surface area contributed by atoms with Gasteiger partial charge in [-0.2, -0.15) is 0 Å². The summed E-state index contributed by atoms with van der Waals surface area (Å²) < 4.78 is 0. The van der Waals surface area contributed by atoms with Crippen LogP contribution in [-0.2, 0) is 14.4 Å². The van der Waals surface area contributed by atoms with E-state index in [-0.39, 0.29) is 29.0 Å². The van der Waals surface area contributed by atoms with Crippen LogP contribution in [-0.4, -0.2) is 34.8 Å². The number of hydrogen-bond acceptors (Lipinski definition) is 5. The average Bonchev–Trinajstić information content (AvgIpc) is 2.80. The van der Waals surface area contributed by atoms with E-state index in [0.29, 0.717) is 30.7 Å². The number of benzene rings is 1. The van der Waals surface area contributed by atoms with Gasteiger partial charge in [0.15, 0.2) is 0 Å². The number of carbonyl (C=O) groups is 4. The van der Waals surface area contributed by atoms with Crippen molar-refractivity contribution in [2.24, 2.45) is 5.92 Å². The molecule has 24 heavy (non-hydrogen) atoms. The second kappa shape index (κ2) is 6.43. The van der Waals surface area contributed by atoms with E-state index < -0.39 is 17.8 Å². The molecule has 1 aliphatic carbocycles. The molecule has 3 rings (SSSR count). The molecule has 126 valence electrons. The van der Waals surface area contributed by atoms with Crippen molar-refractivity contribution >= 4 is 23.7 Å². The Morgan fingerprint density at radius 1 is 1.04 bits per heavy atom. The van der Waals surface area contributed by atoms with E-state index in [4.69, 9.17) is 4.84 Å². The zero-order valence-electron chi connectivity index (χ0n) is 13.3. The van der Waals surface area contributed by atoms with Crippen molar-refractivity contribution in [3.63, 3.8) is 0 Å². The molecule has 0 unspecified atom stereocenters. The molecule has 0 aromatic heterocycles. The number of carbonyl (C=O) groups excluding carboxylic acids is 4. The van der Waals surface area contributed by atoms with Gasteiger partial charge in [-0.05, 0) is 37.8 Å². The number of imide groups is 1. The second-order valence-electron chi connectivity index (χ2n) is 6.11. The monoisotopic (exact) mass is 330 g/mol. The van der Waals surface area contributed by atoms with E-state index in [1.807, 2.05) is 0 Å². The summed E-state index contributed by atoms with van der Waals surface area (Å²) >= 11 is 0. The average molecular weight is 330 g/mol. The fraction of sp³-hybridized carbons (Fsp3) is 0.412. The van der Waals surface area contributed by atoms with E-state index in [0.717, 1.165) is 0 Å². The third-order valence-corrected chi connectivity index (χ3v) is 4.41. The maximum Gasteiger partial charge on any atom is 0.336 e. The third-order valence-electron chi connectivity index (χ3n) is 4.41. The van der Waals surface area contributed by atoms with Crippen molar-refractivity contribution in [2.45, 2.75) is 38.6 Å². The number of fused-ring (bicyclic) bond motifs is 1. The first-order valence-electron chi connectivity index (χ1n) is 7.94. The highest BCUT2D eigenvalue weighted by Gasteiger charge is 2.40. The van der Waals surface area contributed by atoms with E-state index in [1.54, 1.807) is 12.1 Å². The summed E-state index contributed by atoms with van der Waals surface area (Å²) in [7, 11) is 0. The van der Waals surface area contributed by atoms with Gasteiger partial charge < -0.3 is 10.2 Å². The molecule has 0 spiro atoms. The molecule has 1 saturated carbocycles. The fourth-order valence-corrected chi connectivity index (χ4v) is 3.18. The number of amides is 3. The van der Waals surface area contributed by atoms with Crippen LogP contribution in [0.15, 0.2) is 24.3 Å². The molecule has 1 aliphatic heterocycles. The highest BCUT2D eigenvalue weighted by molar-refractivity contribution is 6.20. The van der Waals surface area contributed by atoms with Crippen LogP contribution in [0, 0.1) is 5.92 Å². The van der Waals surface area contributed by atoms with Crippen LogP contribution in [0.4, 0.5) is 0 Å². The Hall–Kier alpha value is -2.70. The molecular weight excluding hydrogens is 312 g/mol. The largest absolute Gasteiger partial charge is 0.354 e. The second-order valence-corrected chi connectivity index (χ2v) is 6.11. The van der Waals surface area contributed by atoms with E-state index >= 15 is 0 Å². The fourth-order valence-electron chi connectivity index (χ4n) is 3.18. The summed E-state index contributed by atoms with van der Waals surface area (Å²) in [6.07, 6.45) is 2.43. The SMILES string of the molecule is CC(=O)NC1CCC(C(=O)ON2C(=O)c3ccccc3C2=O)CC1. The Morgan fingerprint density at radius 2 is 1.58 bits per heavy atom. The maximum absolute atomic E-state index is 12.3. The van der Waals surface area contributed by atoms with Gasteiger partial charge >= 0.3 is 5.97 Å². The minimum Gasteiger partial charge on any atom is -0.354 e. The summed E-state index contributed by atoms with van der Waals surface area (Å²) in [5.74, 6) is -2.27. The van der Waals surface area contributed by atoms with Crippen molar-refractivity contribution < 1.29 is 24.0 Å². The van der Waals surface area contributed by atoms with Gasteiger partial charge in [0.2, 0.25) is 5.91 Å². The molecule has 0 radical (unpaired) electrons. The Bertz CT molecular complexity index is 672. The standard InChI is InChI=1S/C17H18N2O5/c1-10(20)18-12-8-6-11(7-9-12)17(23)24-19-15(21)13-4-2-3-5-14(13)16(19)22/h2-5,11-12H,6-9H2,1H3,(H,18,20). The molecule has 0 bridgehead atoms. The Balaban J connectivity index is 1.60. The van der Waals surface area contributed by atoms with Crippen molar-refractivity contribution in [2.75, 3.05) is 0 Å². The van der Waals surface area contributed by atoms with Crippen LogP contribution in [0.25, 0.3) is 0 Å². The van der Waals surface area contributed by atoms with Gasteiger partial charge in [0.1, 0.15) is 0 Å². The van der Waals surface area contributed by atoms with Crippen LogP contribution in [0.5, 0.6) is 0 Å². The van der Waals surface area contributed by atoms with Crippen molar-refractivity contribution in [1.82, 2.24) is 10.4 Å². The molecule has 2 aliphatic rings. The summed E-state index contributed by atoms with van der Waals surface area (Å²) in [5.41, 5.74) is 0.481. The minimum atomic E-state index is -0.615. The van der Waals surface area contributed by atoms with Gasteiger partial charge in [0.05, 0.1) is 17.0 Å². The lowest BCUT2D eigenvalue weighted by molar-refractivity contribution is -0.175. The van der Waals surface area contributed by atoms with Crippen LogP contribution < -0.4 is 5.32 Å². The summed E-state index contributed by atoms with van der Waals surface area (Å²) in [4.78, 5) is 52.8. The molecule has 1 fully saturated rings. The van der Waals surface area contributed by atoms with Crippen molar-refractivity contribution in [3.8, 4) is 0 Å². The molecule has 1 aromatic rings. The van der Waals surface area contributed by atoms with Crippen LogP contribution >= 0.6 is 0 Å². The molecule has 1 N–H and O–H groups in total. The predicted molar refractivity (Wildman–Crippen MR) is 82.6 cm³/mol. The van der Waals surface area contributed by atoms with Crippen molar-refractivity contribution in [1.29, 1.82) is 0 Å².